The van der Waals surface area contributed by atoms with E-state index in [0.29, 0.717) is 25.2 Å². The number of benzene rings is 2. The van der Waals surface area contributed by atoms with Gasteiger partial charge in [-0.1, -0.05) is 31.0 Å². The summed E-state index contributed by atoms with van der Waals surface area (Å²) in [7, 11) is -1.94. The standard InChI is InChI=1S/C24H32N2O4S/c1-19-9-14-22(31(28,29)26-16-5-3-4-6-17-26)18-23(19)24(27)25-15-7-8-20-10-12-21(30-2)13-11-20/h9-14,18H,3-8,15-17H2,1-2H3,(H,25,27). The van der Waals surface area contributed by atoms with Crippen molar-refractivity contribution in [1.82, 2.24) is 9.62 Å². The lowest BCUT2D eigenvalue weighted by atomic mass is 10.1. The van der Waals surface area contributed by atoms with E-state index in [1.54, 1.807) is 23.5 Å². The second-order valence-corrected chi connectivity index (χ2v) is 9.94. The molecule has 0 atom stereocenters. The van der Waals surface area contributed by atoms with Gasteiger partial charge in [0.25, 0.3) is 5.91 Å². The molecule has 1 amide bonds. The Morgan fingerprint density at radius 3 is 2.35 bits per heavy atom. The van der Waals surface area contributed by atoms with Crippen molar-refractivity contribution in [3.63, 3.8) is 0 Å². The van der Waals surface area contributed by atoms with E-state index in [4.69, 9.17) is 4.74 Å². The van der Waals surface area contributed by atoms with E-state index in [-0.39, 0.29) is 10.8 Å². The SMILES string of the molecule is COc1ccc(CCCNC(=O)c2cc(S(=O)(=O)N3CCCCCC3)ccc2C)cc1. The molecular weight excluding hydrogens is 412 g/mol. The highest BCUT2D eigenvalue weighted by Gasteiger charge is 2.26. The quantitative estimate of drug-likeness (QED) is 0.626. The average Bonchev–Trinajstić information content (AvgIpc) is 3.07. The van der Waals surface area contributed by atoms with Gasteiger partial charge in [-0.2, -0.15) is 4.31 Å². The lowest BCUT2D eigenvalue weighted by Gasteiger charge is -2.20. The molecule has 0 radical (unpaired) electrons. The second-order valence-electron chi connectivity index (χ2n) is 8.00. The number of ether oxygens (including phenoxy) is 1. The summed E-state index contributed by atoms with van der Waals surface area (Å²) in [6.45, 7) is 3.44. The third-order valence-corrected chi connectivity index (χ3v) is 7.64. The molecule has 2 aromatic rings. The molecule has 1 fully saturated rings. The zero-order chi connectivity index (χ0) is 22.3. The van der Waals surface area contributed by atoms with Gasteiger partial charge in [-0.15, -0.1) is 0 Å². The molecule has 0 spiro atoms. The molecule has 0 unspecified atom stereocenters. The van der Waals surface area contributed by atoms with Gasteiger partial charge >= 0.3 is 0 Å². The summed E-state index contributed by atoms with van der Waals surface area (Å²) < 4.78 is 32.9. The van der Waals surface area contributed by atoms with E-state index >= 15 is 0 Å². The van der Waals surface area contributed by atoms with Crippen molar-refractivity contribution in [2.75, 3.05) is 26.7 Å². The van der Waals surface area contributed by atoms with Crippen LogP contribution in [-0.2, 0) is 16.4 Å². The van der Waals surface area contributed by atoms with Gasteiger partial charge in [0.1, 0.15) is 5.75 Å². The monoisotopic (exact) mass is 444 g/mol. The highest BCUT2D eigenvalue weighted by Crippen LogP contribution is 2.22. The molecule has 1 saturated heterocycles. The van der Waals surface area contributed by atoms with Gasteiger partial charge in [0.05, 0.1) is 12.0 Å². The largest absolute Gasteiger partial charge is 0.497 e. The predicted molar refractivity (Wildman–Crippen MR) is 122 cm³/mol. The molecule has 1 aliphatic heterocycles. The second kappa shape index (κ2) is 10.8. The fourth-order valence-electron chi connectivity index (χ4n) is 3.82. The fourth-order valence-corrected chi connectivity index (χ4v) is 5.36. The van der Waals surface area contributed by atoms with Crippen LogP contribution in [-0.4, -0.2) is 45.4 Å². The third kappa shape index (κ3) is 6.08. The Balaban J connectivity index is 1.61. The normalized spacial score (nSPS) is 15.3. The zero-order valence-electron chi connectivity index (χ0n) is 18.4. The number of methoxy groups -OCH3 is 1. The van der Waals surface area contributed by atoms with Crippen molar-refractivity contribution >= 4 is 15.9 Å². The van der Waals surface area contributed by atoms with Gasteiger partial charge in [0.2, 0.25) is 10.0 Å². The first kappa shape index (κ1) is 23.3. The molecule has 0 aromatic heterocycles. The number of rotatable bonds is 8. The Bertz CT molecular complexity index is 979. The molecule has 6 nitrogen and oxygen atoms in total. The van der Waals surface area contributed by atoms with Crippen LogP contribution in [0.25, 0.3) is 0 Å². The number of sulfonamides is 1. The number of hydrogen-bond acceptors (Lipinski definition) is 4. The number of nitrogens with one attached hydrogen (secondary N) is 1. The molecule has 168 valence electrons. The van der Waals surface area contributed by atoms with E-state index in [0.717, 1.165) is 49.8 Å². The summed E-state index contributed by atoms with van der Waals surface area (Å²) in [5.41, 5.74) is 2.36. The third-order valence-electron chi connectivity index (χ3n) is 5.74. The van der Waals surface area contributed by atoms with Crippen LogP contribution in [0.5, 0.6) is 5.75 Å². The molecule has 31 heavy (non-hydrogen) atoms. The maximum Gasteiger partial charge on any atom is 0.251 e. The Morgan fingerprint density at radius 1 is 1.03 bits per heavy atom. The van der Waals surface area contributed by atoms with Gasteiger partial charge in [0, 0.05) is 25.2 Å². The Hall–Kier alpha value is -2.38. The zero-order valence-corrected chi connectivity index (χ0v) is 19.2. The summed E-state index contributed by atoms with van der Waals surface area (Å²) in [4.78, 5) is 12.9. The molecule has 1 aliphatic rings. The summed E-state index contributed by atoms with van der Waals surface area (Å²) >= 11 is 0. The first-order chi connectivity index (χ1) is 14.9. The molecule has 0 aliphatic carbocycles. The van der Waals surface area contributed by atoms with Crippen LogP contribution in [0.1, 0.15) is 53.6 Å². The van der Waals surface area contributed by atoms with E-state index in [2.05, 4.69) is 5.32 Å². The Morgan fingerprint density at radius 2 is 1.71 bits per heavy atom. The molecule has 3 rings (SSSR count). The predicted octanol–water partition coefficient (Wildman–Crippen LogP) is 3.93. The first-order valence-corrected chi connectivity index (χ1v) is 12.4. The summed E-state index contributed by atoms with van der Waals surface area (Å²) in [5.74, 6) is 0.586. The van der Waals surface area contributed by atoms with Crippen LogP contribution in [0.2, 0.25) is 0 Å². The van der Waals surface area contributed by atoms with Crippen LogP contribution in [0.3, 0.4) is 0 Å². The van der Waals surface area contributed by atoms with E-state index in [9.17, 15) is 13.2 Å². The smallest absolute Gasteiger partial charge is 0.251 e. The van der Waals surface area contributed by atoms with Crippen molar-refractivity contribution in [3.8, 4) is 5.75 Å². The number of carbonyl (C=O) groups is 1. The van der Waals surface area contributed by atoms with Crippen LogP contribution in [0.15, 0.2) is 47.4 Å². The lowest BCUT2D eigenvalue weighted by molar-refractivity contribution is 0.0952. The van der Waals surface area contributed by atoms with Crippen molar-refractivity contribution in [2.45, 2.75) is 50.3 Å². The molecule has 2 aromatic carbocycles. The maximum absolute atomic E-state index is 13.1. The van der Waals surface area contributed by atoms with E-state index in [1.807, 2.05) is 31.2 Å². The fraction of sp³-hybridized carbons (Fsp3) is 0.458. The topological polar surface area (TPSA) is 75.7 Å². The molecule has 1 heterocycles. The average molecular weight is 445 g/mol. The highest BCUT2D eigenvalue weighted by molar-refractivity contribution is 7.89. The Labute approximate surface area is 185 Å². The maximum atomic E-state index is 13.1. The highest BCUT2D eigenvalue weighted by atomic mass is 32.2. The minimum atomic E-state index is -3.58. The van der Waals surface area contributed by atoms with Gasteiger partial charge < -0.3 is 10.1 Å². The van der Waals surface area contributed by atoms with Gasteiger partial charge in [-0.05, 0) is 68.0 Å². The lowest BCUT2D eigenvalue weighted by Crippen LogP contribution is -2.32. The summed E-state index contributed by atoms with van der Waals surface area (Å²) in [6, 6.07) is 12.7. The summed E-state index contributed by atoms with van der Waals surface area (Å²) in [5, 5.41) is 2.93. The number of nitrogens with zero attached hydrogens (tertiary/aromatic N) is 1. The molecule has 0 saturated carbocycles. The molecule has 1 N–H and O–H groups in total. The minimum absolute atomic E-state index is 0.198. The first-order valence-electron chi connectivity index (χ1n) is 10.9. The van der Waals surface area contributed by atoms with Crippen molar-refractivity contribution < 1.29 is 17.9 Å². The summed E-state index contributed by atoms with van der Waals surface area (Å²) in [6.07, 6.45) is 5.52. The van der Waals surface area contributed by atoms with Crippen LogP contribution < -0.4 is 10.1 Å². The Kier molecular flexibility index (Phi) is 8.09. The van der Waals surface area contributed by atoms with Crippen molar-refractivity contribution in [1.29, 1.82) is 0 Å². The minimum Gasteiger partial charge on any atom is -0.497 e. The number of amides is 1. The van der Waals surface area contributed by atoms with Gasteiger partial charge in [-0.3, -0.25) is 4.79 Å². The number of hydrogen-bond donors (Lipinski definition) is 1. The van der Waals surface area contributed by atoms with Crippen molar-refractivity contribution in [2.24, 2.45) is 0 Å². The van der Waals surface area contributed by atoms with Gasteiger partial charge in [-0.25, -0.2) is 8.42 Å². The van der Waals surface area contributed by atoms with Gasteiger partial charge in [0.15, 0.2) is 0 Å². The van der Waals surface area contributed by atoms with E-state index in [1.165, 1.54) is 11.6 Å². The van der Waals surface area contributed by atoms with Crippen LogP contribution in [0.4, 0.5) is 0 Å². The molecule has 0 bridgehead atoms. The number of carbonyl (C=O) groups excluding carboxylic acids is 1. The molecular formula is C24H32N2O4S. The van der Waals surface area contributed by atoms with E-state index < -0.39 is 10.0 Å². The van der Waals surface area contributed by atoms with Crippen LogP contribution in [0, 0.1) is 6.92 Å². The molecule has 7 heteroatoms. The van der Waals surface area contributed by atoms with Crippen LogP contribution >= 0.6 is 0 Å². The van der Waals surface area contributed by atoms with Crippen molar-refractivity contribution in [3.05, 3.63) is 59.2 Å². The number of aryl methyl sites for hydroxylation is 2.